The molecule has 4 rings (SSSR count). The molecule has 1 fully saturated rings. The maximum absolute atomic E-state index is 12.9. The maximum Gasteiger partial charge on any atom is 0.331 e. The largest absolute Gasteiger partial charge is 0.493 e. The highest BCUT2D eigenvalue weighted by molar-refractivity contribution is 8.18. The summed E-state index contributed by atoms with van der Waals surface area (Å²) in [5.41, 5.74) is 1.46. The van der Waals surface area contributed by atoms with Crippen LogP contribution in [0.3, 0.4) is 0 Å². The van der Waals surface area contributed by atoms with Gasteiger partial charge >= 0.3 is 5.69 Å². The second kappa shape index (κ2) is 11.3. The zero-order chi connectivity index (χ0) is 27.4. The van der Waals surface area contributed by atoms with E-state index in [2.05, 4.69) is 10.3 Å². The van der Waals surface area contributed by atoms with E-state index in [1.54, 1.807) is 24.3 Å². The molecule has 0 unspecified atom stereocenters. The third-order valence-corrected chi connectivity index (χ3v) is 6.59. The molecule has 1 saturated heterocycles. The van der Waals surface area contributed by atoms with E-state index < -0.39 is 28.5 Å². The summed E-state index contributed by atoms with van der Waals surface area (Å²) in [6.45, 7) is 1.36. The molecule has 11 nitrogen and oxygen atoms in total. The molecule has 13 heteroatoms. The lowest BCUT2D eigenvalue weighted by atomic mass is 10.2. The van der Waals surface area contributed by atoms with Gasteiger partial charge in [0.1, 0.15) is 6.54 Å². The van der Waals surface area contributed by atoms with Gasteiger partial charge in [0.2, 0.25) is 5.91 Å². The monoisotopic (exact) mass is 554 g/mol. The number of hydrogen-bond donors (Lipinski definition) is 1. The van der Waals surface area contributed by atoms with Gasteiger partial charge in [-0.15, -0.1) is 0 Å². The number of amides is 3. The molecule has 2 heterocycles. The number of thioether (sulfide) groups is 1. The van der Waals surface area contributed by atoms with Gasteiger partial charge in [-0.05, 0) is 66.2 Å². The normalized spacial score (nSPS) is 14.1. The van der Waals surface area contributed by atoms with Crippen LogP contribution in [0.25, 0.3) is 6.08 Å². The van der Waals surface area contributed by atoms with Crippen LogP contribution in [0.2, 0.25) is 5.02 Å². The Morgan fingerprint density at radius 2 is 2.00 bits per heavy atom. The topological polar surface area (TPSA) is 141 Å². The van der Waals surface area contributed by atoms with Crippen LogP contribution in [0.4, 0.5) is 16.2 Å². The minimum Gasteiger partial charge on any atom is -0.493 e. The molecular formula is C25H19ClN4O7S. The van der Waals surface area contributed by atoms with Gasteiger partial charge in [0.25, 0.3) is 17.0 Å². The molecule has 2 aromatic carbocycles. The number of rotatable bonds is 8. The summed E-state index contributed by atoms with van der Waals surface area (Å²) < 4.78 is 10.9. The van der Waals surface area contributed by atoms with E-state index in [1.807, 2.05) is 6.92 Å². The molecule has 194 valence electrons. The quantitative estimate of drug-likeness (QED) is 0.219. The van der Waals surface area contributed by atoms with Gasteiger partial charge in [0.15, 0.2) is 11.5 Å². The van der Waals surface area contributed by atoms with Crippen LogP contribution in [0.15, 0.2) is 59.6 Å². The first kappa shape index (κ1) is 26.6. The molecule has 3 amide bonds. The van der Waals surface area contributed by atoms with Crippen molar-refractivity contribution in [1.29, 1.82) is 0 Å². The molecule has 1 aliphatic rings. The maximum atomic E-state index is 12.9. The molecule has 1 aliphatic heterocycles. The van der Waals surface area contributed by atoms with Crippen LogP contribution in [0.1, 0.15) is 11.1 Å². The number of carbonyl (C=O) groups excluding carboxylic acids is 3. The first-order valence-electron chi connectivity index (χ1n) is 10.9. The Balaban J connectivity index is 1.48. The molecule has 0 aliphatic carbocycles. The van der Waals surface area contributed by atoms with E-state index in [0.29, 0.717) is 28.0 Å². The van der Waals surface area contributed by atoms with Crippen molar-refractivity contribution in [2.45, 2.75) is 6.92 Å². The summed E-state index contributed by atoms with van der Waals surface area (Å²) in [5, 5.41) is 13.7. The van der Waals surface area contributed by atoms with Gasteiger partial charge in [-0.1, -0.05) is 23.7 Å². The van der Waals surface area contributed by atoms with Crippen molar-refractivity contribution in [3.05, 3.63) is 85.9 Å². The molecular weight excluding hydrogens is 536 g/mol. The Kier molecular flexibility index (Phi) is 7.93. The fraction of sp³-hybridized carbons (Fsp3) is 0.120. The first-order valence-corrected chi connectivity index (χ1v) is 12.1. The number of halogens is 1. The molecule has 0 atom stereocenters. The number of imide groups is 1. The van der Waals surface area contributed by atoms with Gasteiger partial charge in [0, 0.05) is 23.0 Å². The second-order valence-corrected chi connectivity index (χ2v) is 9.28. The standard InChI is InChI=1S/C25H19ClN4O7S/c1-14-5-7-16(12-17(14)26)28-22(31)13-29-24(32)21(38-25(29)33)11-15-6-8-19(20(10-15)36-2)37-23-18(30(34)35)4-3-9-27-23/h3-12H,13H2,1-2H3,(H,28,31)/b21-11-. The minimum absolute atomic E-state index is 0.109. The molecule has 0 radical (unpaired) electrons. The Hall–Kier alpha value is -4.42. The lowest BCUT2D eigenvalue weighted by molar-refractivity contribution is -0.386. The third kappa shape index (κ3) is 5.93. The zero-order valence-corrected chi connectivity index (χ0v) is 21.5. The van der Waals surface area contributed by atoms with Crippen molar-refractivity contribution in [1.82, 2.24) is 9.88 Å². The van der Waals surface area contributed by atoms with Crippen LogP contribution in [0, 0.1) is 17.0 Å². The first-order chi connectivity index (χ1) is 18.2. The predicted octanol–water partition coefficient (Wildman–Crippen LogP) is 5.43. The van der Waals surface area contributed by atoms with E-state index in [0.717, 1.165) is 10.5 Å². The van der Waals surface area contributed by atoms with Gasteiger partial charge in [-0.2, -0.15) is 0 Å². The lowest BCUT2D eigenvalue weighted by Gasteiger charge is -2.13. The Labute approximate surface area is 225 Å². The molecule has 1 N–H and O–H groups in total. The van der Waals surface area contributed by atoms with E-state index in [9.17, 15) is 24.5 Å². The fourth-order valence-corrected chi connectivity index (χ4v) is 4.38. The van der Waals surface area contributed by atoms with Gasteiger partial charge in [0.05, 0.1) is 16.9 Å². The van der Waals surface area contributed by atoms with E-state index in [1.165, 1.54) is 43.6 Å². The number of aryl methyl sites for hydroxylation is 1. The number of aromatic nitrogens is 1. The van der Waals surface area contributed by atoms with Crippen molar-refractivity contribution in [3.8, 4) is 17.4 Å². The summed E-state index contributed by atoms with van der Waals surface area (Å²) in [7, 11) is 1.38. The van der Waals surface area contributed by atoms with E-state index in [4.69, 9.17) is 21.1 Å². The second-order valence-electron chi connectivity index (χ2n) is 7.88. The van der Waals surface area contributed by atoms with Crippen LogP contribution in [0.5, 0.6) is 17.4 Å². The molecule has 3 aromatic rings. The van der Waals surface area contributed by atoms with Crippen molar-refractivity contribution in [2.75, 3.05) is 19.0 Å². The number of nitrogens with one attached hydrogen (secondary N) is 1. The number of nitro groups is 1. The van der Waals surface area contributed by atoms with Crippen LogP contribution in [-0.4, -0.2) is 45.5 Å². The van der Waals surface area contributed by atoms with Crippen molar-refractivity contribution in [2.24, 2.45) is 0 Å². The zero-order valence-electron chi connectivity index (χ0n) is 20.0. The summed E-state index contributed by atoms with van der Waals surface area (Å²) in [4.78, 5) is 53.2. The number of hydrogen-bond acceptors (Lipinski definition) is 9. The number of benzene rings is 2. The van der Waals surface area contributed by atoms with Gasteiger partial charge in [-0.3, -0.25) is 29.4 Å². The van der Waals surface area contributed by atoms with Crippen molar-refractivity contribution >= 4 is 57.9 Å². The highest BCUT2D eigenvalue weighted by Gasteiger charge is 2.36. The number of pyridine rings is 1. The van der Waals surface area contributed by atoms with E-state index in [-0.39, 0.29) is 28.0 Å². The number of anilines is 1. The Morgan fingerprint density at radius 1 is 1.21 bits per heavy atom. The summed E-state index contributed by atoms with van der Waals surface area (Å²) in [6, 6.07) is 12.3. The van der Waals surface area contributed by atoms with Crippen molar-refractivity contribution < 1.29 is 28.8 Å². The van der Waals surface area contributed by atoms with Gasteiger partial charge < -0.3 is 14.8 Å². The third-order valence-electron chi connectivity index (χ3n) is 5.27. The number of ether oxygens (including phenoxy) is 2. The lowest BCUT2D eigenvalue weighted by Crippen LogP contribution is -2.36. The highest BCUT2D eigenvalue weighted by Crippen LogP contribution is 2.37. The minimum atomic E-state index is -0.625. The van der Waals surface area contributed by atoms with Crippen LogP contribution >= 0.6 is 23.4 Å². The van der Waals surface area contributed by atoms with Crippen molar-refractivity contribution in [3.63, 3.8) is 0 Å². The number of nitrogens with zero attached hydrogens (tertiary/aromatic N) is 3. The average molecular weight is 555 g/mol. The summed E-state index contributed by atoms with van der Waals surface area (Å²) >= 11 is 6.77. The average Bonchev–Trinajstić information content (AvgIpc) is 3.14. The molecule has 1 aromatic heterocycles. The molecule has 0 saturated carbocycles. The molecule has 0 bridgehead atoms. The molecule has 38 heavy (non-hydrogen) atoms. The molecule has 0 spiro atoms. The predicted molar refractivity (Wildman–Crippen MR) is 141 cm³/mol. The fourth-order valence-electron chi connectivity index (χ4n) is 3.36. The summed E-state index contributed by atoms with van der Waals surface area (Å²) in [5.74, 6) is -1.02. The van der Waals surface area contributed by atoms with E-state index >= 15 is 0 Å². The SMILES string of the molecule is COc1cc(/C=C2\SC(=O)N(CC(=O)Nc3ccc(C)c(Cl)c3)C2=O)ccc1Oc1ncccc1[N+](=O)[O-]. The number of carbonyl (C=O) groups is 3. The Bertz CT molecular complexity index is 1490. The van der Waals surface area contributed by atoms with Gasteiger partial charge in [-0.25, -0.2) is 4.98 Å². The van der Waals surface area contributed by atoms with Crippen LogP contribution < -0.4 is 14.8 Å². The smallest absolute Gasteiger partial charge is 0.331 e. The Morgan fingerprint density at radius 3 is 2.71 bits per heavy atom. The summed E-state index contributed by atoms with van der Waals surface area (Å²) in [6.07, 6.45) is 2.83. The van der Waals surface area contributed by atoms with Crippen LogP contribution in [-0.2, 0) is 9.59 Å². The number of methoxy groups -OCH3 is 1. The highest BCUT2D eigenvalue weighted by atomic mass is 35.5.